The first-order chi connectivity index (χ1) is 14.0. The van der Waals surface area contributed by atoms with E-state index in [4.69, 9.17) is 0 Å². The van der Waals surface area contributed by atoms with E-state index in [0.717, 1.165) is 44.2 Å². The molecule has 1 amide bonds. The van der Waals surface area contributed by atoms with Crippen molar-refractivity contribution in [1.82, 2.24) is 24.8 Å². The third kappa shape index (κ3) is 6.00. The smallest absolute Gasteiger partial charge is 0.243 e. The van der Waals surface area contributed by atoms with Crippen molar-refractivity contribution in [1.29, 1.82) is 0 Å². The molecule has 0 saturated heterocycles. The summed E-state index contributed by atoms with van der Waals surface area (Å²) in [5.74, 6) is -0.288. The molecule has 1 fully saturated rings. The van der Waals surface area contributed by atoms with E-state index in [0.29, 0.717) is 17.5 Å². The van der Waals surface area contributed by atoms with Crippen LogP contribution in [0.1, 0.15) is 32.1 Å². The quantitative estimate of drug-likeness (QED) is 0.456. The number of hydrogen-bond acceptors (Lipinski definition) is 6. The number of carbonyl (C=O) groups is 1. The van der Waals surface area contributed by atoms with Gasteiger partial charge in [-0.15, -0.1) is 0 Å². The Balaban J connectivity index is 1.64. The molecule has 1 aromatic heterocycles. The molecule has 158 valence electrons. The summed E-state index contributed by atoms with van der Waals surface area (Å²) < 4.78 is 40.8. The lowest BCUT2D eigenvalue weighted by Gasteiger charge is -2.33. The molecule has 11 heteroatoms. The standard InChI is InChI=1S/C18H24FN5O3S2/c19-14-6-8-16(9-7-14)29(26,27)24(15-4-2-1-3-5-15)12-17(25)20-10-11-28-18-21-13-22-23-18/h6-9,13,15H,1-5,10-12H2,(H,20,25)(H,21,22,23). The maximum absolute atomic E-state index is 13.2. The van der Waals surface area contributed by atoms with Crippen molar-refractivity contribution in [3.05, 3.63) is 36.4 Å². The molecule has 3 rings (SSSR count). The molecule has 1 aromatic carbocycles. The second kappa shape index (κ2) is 10.2. The fraction of sp³-hybridized carbons (Fsp3) is 0.500. The summed E-state index contributed by atoms with van der Waals surface area (Å²) in [6, 6.07) is 4.49. The number of carbonyl (C=O) groups excluding carboxylic acids is 1. The van der Waals surface area contributed by atoms with Gasteiger partial charge in [-0.25, -0.2) is 17.8 Å². The van der Waals surface area contributed by atoms with Crippen LogP contribution in [0.5, 0.6) is 0 Å². The van der Waals surface area contributed by atoms with Crippen LogP contribution < -0.4 is 5.32 Å². The molecular formula is C18H24FN5O3S2. The first-order valence-corrected chi connectivity index (χ1v) is 11.9. The molecule has 8 nitrogen and oxygen atoms in total. The predicted octanol–water partition coefficient (Wildman–Crippen LogP) is 2.18. The van der Waals surface area contributed by atoms with Gasteiger partial charge in [0.15, 0.2) is 5.16 Å². The minimum atomic E-state index is -3.90. The summed E-state index contributed by atoms with van der Waals surface area (Å²) in [7, 11) is -3.90. The number of thioether (sulfide) groups is 1. The normalized spacial score (nSPS) is 15.5. The molecule has 2 N–H and O–H groups in total. The van der Waals surface area contributed by atoms with E-state index in [1.807, 2.05) is 0 Å². The highest BCUT2D eigenvalue weighted by Gasteiger charge is 2.33. The largest absolute Gasteiger partial charge is 0.354 e. The van der Waals surface area contributed by atoms with Crippen LogP contribution in [-0.4, -0.2) is 58.7 Å². The number of sulfonamides is 1. The van der Waals surface area contributed by atoms with Gasteiger partial charge in [0.05, 0.1) is 11.4 Å². The van der Waals surface area contributed by atoms with Gasteiger partial charge in [0.2, 0.25) is 15.9 Å². The lowest BCUT2D eigenvalue weighted by molar-refractivity contribution is -0.121. The fourth-order valence-corrected chi connectivity index (χ4v) is 5.60. The molecule has 29 heavy (non-hydrogen) atoms. The zero-order valence-electron chi connectivity index (χ0n) is 15.9. The Morgan fingerprint density at radius 3 is 2.62 bits per heavy atom. The Hall–Kier alpha value is -1.98. The number of nitrogens with one attached hydrogen (secondary N) is 2. The highest BCUT2D eigenvalue weighted by atomic mass is 32.2. The van der Waals surface area contributed by atoms with Crippen molar-refractivity contribution in [2.75, 3.05) is 18.8 Å². The molecule has 1 aliphatic carbocycles. The first kappa shape index (κ1) is 21.7. The van der Waals surface area contributed by atoms with Crippen molar-refractivity contribution < 1.29 is 17.6 Å². The maximum Gasteiger partial charge on any atom is 0.243 e. The van der Waals surface area contributed by atoms with Crippen LogP contribution in [0.3, 0.4) is 0 Å². The van der Waals surface area contributed by atoms with Crippen LogP contribution in [0, 0.1) is 5.82 Å². The second-order valence-electron chi connectivity index (χ2n) is 6.79. The third-order valence-electron chi connectivity index (χ3n) is 4.76. The number of aromatic amines is 1. The lowest BCUT2D eigenvalue weighted by atomic mass is 9.95. The Kier molecular flexibility index (Phi) is 7.62. The van der Waals surface area contributed by atoms with E-state index in [9.17, 15) is 17.6 Å². The van der Waals surface area contributed by atoms with Crippen molar-refractivity contribution in [3.8, 4) is 0 Å². The summed E-state index contributed by atoms with van der Waals surface area (Å²) in [5.41, 5.74) is 0. The molecule has 2 aromatic rings. The molecular weight excluding hydrogens is 417 g/mol. The van der Waals surface area contributed by atoms with Crippen LogP contribution >= 0.6 is 11.8 Å². The van der Waals surface area contributed by atoms with Gasteiger partial charge in [0.1, 0.15) is 12.1 Å². The fourth-order valence-electron chi connectivity index (χ4n) is 3.32. The minimum Gasteiger partial charge on any atom is -0.354 e. The van der Waals surface area contributed by atoms with Crippen LogP contribution in [0.25, 0.3) is 0 Å². The number of hydrogen-bond donors (Lipinski definition) is 2. The second-order valence-corrected chi connectivity index (χ2v) is 9.76. The van der Waals surface area contributed by atoms with Gasteiger partial charge in [-0.3, -0.25) is 9.89 Å². The third-order valence-corrected chi connectivity index (χ3v) is 7.55. The molecule has 0 unspecified atom stereocenters. The molecule has 0 atom stereocenters. The zero-order valence-corrected chi connectivity index (χ0v) is 17.5. The van der Waals surface area contributed by atoms with Gasteiger partial charge in [-0.1, -0.05) is 31.0 Å². The summed E-state index contributed by atoms with van der Waals surface area (Å²) in [5, 5.41) is 9.88. The Morgan fingerprint density at radius 2 is 1.97 bits per heavy atom. The van der Waals surface area contributed by atoms with Crippen molar-refractivity contribution >= 4 is 27.7 Å². The first-order valence-electron chi connectivity index (χ1n) is 9.49. The average Bonchev–Trinajstić information content (AvgIpc) is 3.24. The van der Waals surface area contributed by atoms with Crippen LogP contribution in [-0.2, 0) is 14.8 Å². The average molecular weight is 442 g/mol. The van der Waals surface area contributed by atoms with Crippen molar-refractivity contribution in [2.45, 2.75) is 48.2 Å². The molecule has 0 aliphatic heterocycles. The maximum atomic E-state index is 13.2. The van der Waals surface area contributed by atoms with E-state index in [1.54, 1.807) is 0 Å². The zero-order chi connectivity index (χ0) is 20.7. The number of halogens is 1. The van der Waals surface area contributed by atoms with Crippen molar-refractivity contribution in [2.24, 2.45) is 0 Å². The molecule has 0 bridgehead atoms. The summed E-state index contributed by atoms with van der Waals surface area (Å²) in [6.07, 6.45) is 5.75. The summed E-state index contributed by atoms with van der Waals surface area (Å²) >= 11 is 1.41. The molecule has 1 saturated carbocycles. The SMILES string of the molecule is O=C(CN(C1CCCCC1)S(=O)(=O)c1ccc(F)cc1)NCCSc1ncn[nH]1. The predicted molar refractivity (Wildman–Crippen MR) is 107 cm³/mol. The van der Waals surface area contributed by atoms with Gasteiger partial charge in [-0.2, -0.15) is 9.40 Å². The molecule has 1 heterocycles. The molecule has 1 aliphatic rings. The lowest BCUT2D eigenvalue weighted by Crippen LogP contribution is -2.47. The van der Waals surface area contributed by atoms with Gasteiger partial charge >= 0.3 is 0 Å². The molecule has 0 spiro atoms. The number of H-pyrrole nitrogens is 1. The van der Waals surface area contributed by atoms with E-state index in [2.05, 4.69) is 20.5 Å². The Labute approximate surface area is 173 Å². The van der Waals surface area contributed by atoms with E-state index < -0.39 is 15.8 Å². The molecule has 0 radical (unpaired) electrons. The summed E-state index contributed by atoms with van der Waals surface area (Å²) in [6.45, 7) is 0.122. The van der Waals surface area contributed by atoms with Crippen LogP contribution in [0.4, 0.5) is 4.39 Å². The van der Waals surface area contributed by atoms with E-state index >= 15 is 0 Å². The van der Waals surface area contributed by atoms with Gasteiger partial charge in [0.25, 0.3) is 0 Å². The van der Waals surface area contributed by atoms with E-state index in [1.165, 1.54) is 34.5 Å². The van der Waals surface area contributed by atoms with Gasteiger partial charge in [0, 0.05) is 18.3 Å². The number of aromatic nitrogens is 3. The Bertz CT molecular complexity index is 885. The minimum absolute atomic E-state index is 0.00171. The van der Waals surface area contributed by atoms with Gasteiger partial charge in [-0.05, 0) is 37.1 Å². The van der Waals surface area contributed by atoms with Gasteiger partial charge < -0.3 is 5.32 Å². The van der Waals surface area contributed by atoms with E-state index in [-0.39, 0.29) is 23.4 Å². The van der Waals surface area contributed by atoms with Crippen LogP contribution in [0.15, 0.2) is 40.6 Å². The highest BCUT2D eigenvalue weighted by Crippen LogP contribution is 2.27. The number of rotatable bonds is 9. The summed E-state index contributed by atoms with van der Waals surface area (Å²) in [4.78, 5) is 16.4. The van der Waals surface area contributed by atoms with Crippen molar-refractivity contribution in [3.63, 3.8) is 0 Å². The number of benzene rings is 1. The Morgan fingerprint density at radius 1 is 1.24 bits per heavy atom. The monoisotopic (exact) mass is 441 g/mol. The topological polar surface area (TPSA) is 108 Å². The van der Waals surface area contributed by atoms with Crippen LogP contribution in [0.2, 0.25) is 0 Å². The highest BCUT2D eigenvalue weighted by molar-refractivity contribution is 7.99. The number of amides is 1. The number of nitrogens with zero attached hydrogens (tertiary/aromatic N) is 3.